The van der Waals surface area contributed by atoms with Gasteiger partial charge in [0.1, 0.15) is 5.75 Å². The maximum absolute atomic E-state index is 10.6. The summed E-state index contributed by atoms with van der Waals surface area (Å²) >= 11 is 0. The molecule has 0 aromatic heterocycles. The monoisotopic (exact) mass is 295 g/mol. The van der Waals surface area contributed by atoms with Gasteiger partial charge in [-0.15, -0.1) is 0 Å². The molecule has 1 aromatic carbocycles. The van der Waals surface area contributed by atoms with Crippen molar-refractivity contribution < 1.29 is 14.6 Å². The number of likely N-dealkylation sites (N-methyl/N-ethyl adjacent to an activating group) is 1. The lowest BCUT2D eigenvalue weighted by Crippen LogP contribution is -2.45. The van der Waals surface area contributed by atoms with E-state index in [2.05, 4.69) is 5.32 Å². The van der Waals surface area contributed by atoms with E-state index in [0.29, 0.717) is 25.4 Å². The summed E-state index contributed by atoms with van der Waals surface area (Å²) < 4.78 is 5.18. The van der Waals surface area contributed by atoms with Gasteiger partial charge in [-0.05, 0) is 38.7 Å². The van der Waals surface area contributed by atoms with Crippen LogP contribution in [-0.2, 0) is 11.3 Å². The summed E-state index contributed by atoms with van der Waals surface area (Å²) in [5.74, 6) is 0.112. The van der Waals surface area contributed by atoms with Crippen molar-refractivity contribution >= 4 is 5.91 Å². The van der Waals surface area contributed by atoms with E-state index in [9.17, 15) is 9.90 Å². The van der Waals surface area contributed by atoms with Gasteiger partial charge < -0.3 is 25.8 Å². The molecular formula is C15H25N3O3. The quantitative estimate of drug-likeness (QED) is 0.595. The number of carbonyl (C=O) groups excluding carboxylic acids is 1. The zero-order valence-corrected chi connectivity index (χ0v) is 12.9. The molecule has 1 unspecified atom stereocenters. The molecular weight excluding hydrogens is 270 g/mol. The zero-order valence-electron chi connectivity index (χ0n) is 12.9. The fourth-order valence-electron chi connectivity index (χ4n) is 2.07. The number of primary amides is 1. The van der Waals surface area contributed by atoms with Gasteiger partial charge >= 0.3 is 0 Å². The maximum Gasteiger partial charge on any atom is 0.255 e. The number of nitrogens with two attached hydrogens (primary N) is 1. The Bertz CT molecular complexity index is 444. The van der Waals surface area contributed by atoms with E-state index in [1.165, 1.54) is 0 Å². The smallest absolute Gasteiger partial charge is 0.255 e. The molecule has 0 bridgehead atoms. The number of aliphatic hydroxyl groups is 1. The summed E-state index contributed by atoms with van der Waals surface area (Å²) in [4.78, 5) is 12.6. The number of carbonyl (C=O) groups is 1. The Balaban J connectivity index is 2.37. The molecule has 1 aromatic rings. The first-order chi connectivity index (χ1) is 9.78. The van der Waals surface area contributed by atoms with Crippen molar-refractivity contribution in [2.24, 2.45) is 5.73 Å². The average Bonchev–Trinajstić information content (AvgIpc) is 2.36. The predicted molar refractivity (Wildman–Crippen MR) is 82.0 cm³/mol. The average molecular weight is 295 g/mol. The molecule has 0 fully saturated rings. The highest BCUT2D eigenvalue weighted by molar-refractivity contribution is 5.75. The largest absolute Gasteiger partial charge is 0.484 e. The topological polar surface area (TPSA) is 87.8 Å². The zero-order chi connectivity index (χ0) is 15.9. The van der Waals surface area contributed by atoms with Crippen LogP contribution in [0.25, 0.3) is 0 Å². The minimum atomic E-state index is -0.770. The molecule has 1 atom stereocenters. The van der Waals surface area contributed by atoms with Gasteiger partial charge in [-0.3, -0.25) is 4.79 Å². The Morgan fingerprint density at radius 2 is 2.00 bits per heavy atom. The van der Waals surface area contributed by atoms with Crippen LogP contribution in [-0.4, -0.2) is 55.3 Å². The molecule has 4 N–H and O–H groups in total. The first kappa shape index (κ1) is 17.4. The van der Waals surface area contributed by atoms with Gasteiger partial charge in [0.15, 0.2) is 6.61 Å². The number of hydrogen-bond donors (Lipinski definition) is 3. The van der Waals surface area contributed by atoms with Crippen molar-refractivity contribution in [2.75, 3.05) is 33.8 Å². The molecule has 0 radical (unpaired) electrons. The van der Waals surface area contributed by atoms with Crippen LogP contribution in [0.4, 0.5) is 0 Å². The van der Waals surface area contributed by atoms with E-state index in [1.54, 1.807) is 19.1 Å². The third-order valence-corrected chi connectivity index (χ3v) is 2.80. The molecule has 0 aliphatic rings. The van der Waals surface area contributed by atoms with Crippen molar-refractivity contribution in [3.05, 3.63) is 29.8 Å². The fraction of sp³-hybridized carbons (Fsp3) is 0.533. The van der Waals surface area contributed by atoms with Gasteiger partial charge in [0, 0.05) is 19.6 Å². The Labute approximate surface area is 125 Å². The summed E-state index contributed by atoms with van der Waals surface area (Å²) in [6.07, 6.45) is 0. The lowest BCUT2D eigenvalue weighted by atomic mass is 10.1. The molecule has 0 saturated carbocycles. The third kappa shape index (κ3) is 7.65. The van der Waals surface area contributed by atoms with Gasteiger partial charge in [0.25, 0.3) is 5.91 Å². The molecule has 0 saturated heterocycles. The van der Waals surface area contributed by atoms with Gasteiger partial charge in [-0.25, -0.2) is 0 Å². The third-order valence-electron chi connectivity index (χ3n) is 2.80. The standard InChI is InChI=1S/C15H25N3O3/c1-15(20,11-18(2)3)10-17-8-12-4-6-13(7-5-12)21-9-14(16)19/h4-7,17,20H,8-11H2,1-3H3,(H2,16,19). The van der Waals surface area contributed by atoms with Crippen LogP contribution in [0.1, 0.15) is 12.5 Å². The molecule has 118 valence electrons. The number of nitrogens with zero attached hydrogens (tertiary/aromatic N) is 1. The highest BCUT2D eigenvalue weighted by Gasteiger charge is 2.20. The lowest BCUT2D eigenvalue weighted by molar-refractivity contribution is -0.119. The minimum Gasteiger partial charge on any atom is -0.484 e. The second-order valence-corrected chi connectivity index (χ2v) is 5.74. The van der Waals surface area contributed by atoms with Crippen molar-refractivity contribution in [3.63, 3.8) is 0 Å². The van der Waals surface area contributed by atoms with E-state index in [-0.39, 0.29) is 6.61 Å². The van der Waals surface area contributed by atoms with Crippen LogP contribution in [0.3, 0.4) is 0 Å². The molecule has 0 aliphatic carbocycles. The summed E-state index contributed by atoms with van der Waals surface area (Å²) in [7, 11) is 3.86. The van der Waals surface area contributed by atoms with Gasteiger partial charge in [0.2, 0.25) is 0 Å². The Morgan fingerprint density at radius 1 is 1.38 bits per heavy atom. The molecule has 0 heterocycles. The Kier molecular flexibility index (Phi) is 6.61. The number of benzene rings is 1. The van der Waals surface area contributed by atoms with Crippen LogP contribution in [0.2, 0.25) is 0 Å². The van der Waals surface area contributed by atoms with Crippen LogP contribution in [0.15, 0.2) is 24.3 Å². The first-order valence-electron chi connectivity index (χ1n) is 6.86. The molecule has 6 nitrogen and oxygen atoms in total. The van der Waals surface area contributed by atoms with Gasteiger partial charge in [0.05, 0.1) is 5.60 Å². The van der Waals surface area contributed by atoms with E-state index in [1.807, 2.05) is 31.1 Å². The van der Waals surface area contributed by atoms with E-state index in [4.69, 9.17) is 10.5 Å². The molecule has 0 aliphatic heterocycles. The lowest BCUT2D eigenvalue weighted by Gasteiger charge is -2.27. The fourth-order valence-corrected chi connectivity index (χ4v) is 2.07. The minimum absolute atomic E-state index is 0.120. The molecule has 1 rings (SSSR count). The number of nitrogens with one attached hydrogen (secondary N) is 1. The van der Waals surface area contributed by atoms with Crippen LogP contribution in [0.5, 0.6) is 5.75 Å². The van der Waals surface area contributed by atoms with Crippen molar-refractivity contribution in [1.29, 1.82) is 0 Å². The van der Waals surface area contributed by atoms with E-state index in [0.717, 1.165) is 5.56 Å². The number of hydrogen-bond acceptors (Lipinski definition) is 5. The highest BCUT2D eigenvalue weighted by Crippen LogP contribution is 2.12. The first-order valence-corrected chi connectivity index (χ1v) is 6.86. The van der Waals surface area contributed by atoms with Gasteiger partial charge in [-0.1, -0.05) is 12.1 Å². The second-order valence-electron chi connectivity index (χ2n) is 5.74. The number of amides is 1. The summed E-state index contributed by atoms with van der Waals surface area (Å²) in [6, 6.07) is 7.39. The van der Waals surface area contributed by atoms with Crippen LogP contribution >= 0.6 is 0 Å². The number of ether oxygens (including phenoxy) is 1. The number of rotatable bonds is 9. The Hall–Kier alpha value is -1.63. The summed E-state index contributed by atoms with van der Waals surface area (Å²) in [5, 5.41) is 13.4. The van der Waals surface area contributed by atoms with Crippen molar-refractivity contribution in [1.82, 2.24) is 10.2 Å². The van der Waals surface area contributed by atoms with Crippen LogP contribution in [0, 0.1) is 0 Å². The predicted octanol–water partition coefficient (Wildman–Crippen LogP) is -0.0471. The molecule has 0 spiro atoms. The van der Waals surface area contributed by atoms with Crippen molar-refractivity contribution in [3.8, 4) is 5.75 Å². The van der Waals surface area contributed by atoms with E-state index < -0.39 is 11.5 Å². The Morgan fingerprint density at radius 3 is 2.52 bits per heavy atom. The van der Waals surface area contributed by atoms with Gasteiger partial charge in [-0.2, -0.15) is 0 Å². The van der Waals surface area contributed by atoms with E-state index >= 15 is 0 Å². The SMILES string of the molecule is CN(C)CC(C)(O)CNCc1ccc(OCC(N)=O)cc1. The molecule has 21 heavy (non-hydrogen) atoms. The summed E-state index contributed by atoms with van der Waals surface area (Å²) in [6.45, 7) is 3.44. The molecule has 6 heteroatoms. The summed E-state index contributed by atoms with van der Waals surface area (Å²) in [5.41, 5.74) is 5.31. The maximum atomic E-state index is 10.6. The molecule has 1 amide bonds. The second kappa shape index (κ2) is 7.97. The van der Waals surface area contributed by atoms with Crippen molar-refractivity contribution in [2.45, 2.75) is 19.1 Å². The normalized spacial score (nSPS) is 14.0. The highest BCUT2D eigenvalue weighted by atomic mass is 16.5. The van der Waals surface area contributed by atoms with Crippen LogP contribution < -0.4 is 15.8 Å².